The summed E-state index contributed by atoms with van der Waals surface area (Å²) in [6.07, 6.45) is 6.49. The summed E-state index contributed by atoms with van der Waals surface area (Å²) in [5, 5.41) is 9.37. The second kappa shape index (κ2) is 8.29. The summed E-state index contributed by atoms with van der Waals surface area (Å²) in [6, 6.07) is 7.73. The highest BCUT2D eigenvalue weighted by atomic mass is 16.2. The van der Waals surface area contributed by atoms with Crippen LogP contribution in [0.4, 0.5) is 0 Å². The smallest absolute Gasteiger partial charge is 0.251 e. The Kier molecular flexibility index (Phi) is 5.86. The van der Waals surface area contributed by atoms with Gasteiger partial charge in [-0.25, -0.2) is 0 Å². The minimum atomic E-state index is -0.0229. The molecule has 1 atom stereocenters. The third kappa shape index (κ3) is 4.57. The van der Waals surface area contributed by atoms with Crippen molar-refractivity contribution in [3.8, 4) is 0 Å². The molecule has 0 aromatic heterocycles. The molecule has 1 aromatic carbocycles. The lowest BCUT2D eigenvalue weighted by molar-refractivity contribution is -0.124. The number of piperidine rings is 1. The van der Waals surface area contributed by atoms with Gasteiger partial charge in [0.05, 0.1) is 0 Å². The third-order valence-electron chi connectivity index (χ3n) is 5.04. The summed E-state index contributed by atoms with van der Waals surface area (Å²) in [4.78, 5) is 24.3. The minimum absolute atomic E-state index is 0.0229. The zero-order valence-corrected chi connectivity index (χ0v) is 14.1. The summed E-state index contributed by atoms with van der Waals surface area (Å²) in [6.45, 7) is 2.41. The lowest BCUT2D eigenvalue weighted by Gasteiger charge is -2.23. The van der Waals surface area contributed by atoms with Crippen LogP contribution in [-0.2, 0) is 11.3 Å². The first-order valence-corrected chi connectivity index (χ1v) is 9.10. The Labute approximate surface area is 143 Å². The van der Waals surface area contributed by atoms with Crippen LogP contribution in [0.3, 0.4) is 0 Å². The Morgan fingerprint density at radius 3 is 2.46 bits per heavy atom. The zero-order chi connectivity index (χ0) is 16.8. The van der Waals surface area contributed by atoms with Gasteiger partial charge in [-0.2, -0.15) is 0 Å². The van der Waals surface area contributed by atoms with Gasteiger partial charge in [0.15, 0.2) is 0 Å². The molecular weight excluding hydrogens is 302 g/mol. The lowest BCUT2D eigenvalue weighted by atomic mass is 10.1. The van der Waals surface area contributed by atoms with Gasteiger partial charge < -0.3 is 16.0 Å². The molecule has 1 saturated carbocycles. The summed E-state index contributed by atoms with van der Waals surface area (Å²) in [5.74, 6) is 0.337. The van der Waals surface area contributed by atoms with Crippen molar-refractivity contribution in [1.29, 1.82) is 0 Å². The van der Waals surface area contributed by atoms with Crippen LogP contribution in [0, 0.1) is 5.92 Å². The highest BCUT2D eigenvalue weighted by molar-refractivity contribution is 5.94. The Balaban J connectivity index is 1.47. The fourth-order valence-electron chi connectivity index (χ4n) is 3.54. The van der Waals surface area contributed by atoms with E-state index in [1.807, 2.05) is 24.3 Å². The van der Waals surface area contributed by atoms with Crippen LogP contribution in [0.25, 0.3) is 0 Å². The predicted molar refractivity (Wildman–Crippen MR) is 93.6 cm³/mol. The monoisotopic (exact) mass is 329 g/mol. The number of carbonyl (C=O) groups is 2. The maximum atomic E-state index is 12.3. The Bertz CT molecular complexity index is 558. The van der Waals surface area contributed by atoms with E-state index < -0.39 is 0 Å². The van der Waals surface area contributed by atoms with Crippen molar-refractivity contribution in [3.05, 3.63) is 35.4 Å². The SMILES string of the molecule is O=C(N[C@H]1CCCNC1)c1ccc(CNC(=O)C2CCCC2)cc1. The molecule has 0 spiro atoms. The average Bonchev–Trinajstić information content (AvgIpc) is 3.16. The summed E-state index contributed by atoms with van der Waals surface area (Å²) < 4.78 is 0. The van der Waals surface area contributed by atoms with E-state index in [9.17, 15) is 9.59 Å². The molecule has 1 heterocycles. The van der Waals surface area contributed by atoms with Crippen molar-refractivity contribution in [1.82, 2.24) is 16.0 Å². The number of carbonyl (C=O) groups excluding carboxylic acids is 2. The van der Waals surface area contributed by atoms with E-state index in [0.29, 0.717) is 12.1 Å². The zero-order valence-electron chi connectivity index (χ0n) is 14.1. The Morgan fingerprint density at radius 1 is 1.04 bits per heavy atom. The quantitative estimate of drug-likeness (QED) is 0.773. The average molecular weight is 329 g/mol. The van der Waals surface area contributed by atoms with Gasteiger partial charge in [0.25, 0.3) is 5.91 Å². The minimum Gasteiger partial charge on any atom is -0.352 e. The maximum absolute atomic E-state index is 12.3. The number of hydrogen-bond acceptors (Lipinski definition) is 3. The highest BCUT2D eigenvalue weighted by Crippen LogP contribution is 2.24. The van der Waals surface area contributed by atoms with Crippen LogP contribution in [0.15, 0.2) is 24.3 Å². The van der Waals surface area contributed by atoms with E-state index >= 15 is 0 Å². The van der Waals surface area contributed by atoms with Gasteiger partial charge >= 0.3 is 0 Å². The van der Waals surface area contributed by atoms with Crippen molar-refractivity contribution in [3.63, 3.8) is 0 Å². The molecule has 130 valence electrons. The maximum Gasteiger partial charge on any atom is 0.251 e. The van der Waals surface area contributed by atoms with Gasteiger partial charge in [0, 0.05) is 30.6 Å². The molecule has 1 aliphatic carbocycles. The molecule has 0 radical (unpaired) electrons. The van der Waals surface area contributed by atoms with Crippen molar-refractivity contribution in [2.75, 3.05) is 13.1 Å². The van der Waals surface area contributed by atoms with Crippen molar-refractivity contribution in [2.24, 2.45) is 5.92 Å². The molecule has 3 rings (SSSR count). The second-order valence-corrected chi connectivity index (χ2v) is 6.91. The van der Waals surface area contributed by atoms with E-state index in [1.54, 1.807) is 0 Å². The van der Waals surface area contributed by atoms with Gasteiger partial charge in [-0.05, 0) is 49.9 Å². The molecule has 2 aliphatic rings. The molecule has 2 fully saturated rings. The van der Waals surface area contributed by atoms with Crippen molar-refractivity contribution in [2.45, 2.75) is 51.1 Å². The fourth-order valence-corrected chi connectivity index (χ4v) is 3.54. The molecule has 1 aromatic rings. The molecule has 5 nitrogen and oxygen atoms in total. The second-order valence-electron chi connectivity index (χ2n) is 6.91. The van der Waals surface area contributed by atoms with E-state index in [0.717, 1.165) is 44.3 Å². The van der Waals surface area contributed by atoms with Crippen LogP contribution in [-0.4, -0.2) is 30.9 Å². The first-order chi connectivity index (χ1) is 11.7. The van der Waals surface area contributed by atoms with Crippen molar-refractivity contribution >= 4 is 11.8 Å². The fraction of sp³-hybridized carbons (Fsp3) is 0.579. The van der Waals surface area contributed by atoms with Gasteiger partial charge in [0.1, 0.15) is 0 Å². The van der Waals surface area contributed by atoms with Gasteiger partial charge in [-0.1, -0.05) is 25.0 Å². The van der Waals surface area contributed by atoms with Crippen LogP contribution >= 0.6 is 0 Å². The van der Waals surface area contributed by atoms with Gasteiger partial charge in [0.2, 0.25) is 5.91 Å². The van der Waals surface area contributed by atoms with Crippen molar-refractivity contribution < 1.29 is 9.59 Å². The van der Waals surface area contributed by atoms with E-state index in [1.165, 1.54) is 12.8 Å². The predicted octanol–water partition coefficient (Wildman–Crippen LogP) is 1.97. The van der Waals surface area contributed by atoms with E-state index in [-0.39, 0.29) is 23.8 Å². The van der Waals surface area contributed by atoms with Crippen LogP contribution in [0.5, 0.6) is 0 Å². The van der Waals surface area contributed by atoms with E-state index in [4.69, 9.17) is 0 Å². The standard InChI is InChI=1S/C19H27N3O2/c23-18(15-4-1-2-5-15)21-12-14-7-9-16(10-8-14)19(24)22-17-6-3-11-20-13-17/h7-10,15,17,20H,1-6,11-13H2,(H,21,23)(H,22,24)/t17-/m0/s1. The molecule has 5 heteroatoms. The lowest BCUT2D eigenvalue weighted by Crippen LogP contribution is -2.45. The Morgan fingerprint density at radius 2 is 1.79 bits per heavy atom. The van der Waals surface area contributed by atoms with Crippen LogP contribution in [0.1, 0.15) is 54.4 Å². The normalized spacial score (nSPS) is 21.4. The summed E-state index contributed by atoms with van der Waals surface area (Å²) in [5.41, 5.74) is 1.70. The number of rotatable bonds is 5. The van der Waals surface area contributed by atoms with E-state index in [2.05, 4.69) is 16.0 Å². The number of amides is 2. The molecule has 1 aliphatic heterocycles. The first-order valence-electron chi connectivity index (χ1n) is 9.10. The van der Waals surface area contributed by atoms with Gasteiger partial charge in [-0.15, -0.1) is 0 Å². The Hall–Kier alpha value is -1.88. The number of hydrogen-bond donors (Lipinski definition) is 3. The first kappa shape index (κ1) is 17.0. The number of nitrogens with one attached hydrogen (secondary N) is 3. The summed E-state index contributed by atoms with van der Waals surface area (Å²) >= 11 is 0. The highest BCUT2D eigenvalue weighted by Gasteiger charge is 2.22. The molecule has 24 heavy (non-hydrogen) atoms. The topological polar surface area (TPSA) is 70.2 Å². The van der Waals surface area contributed by atoms with Crippen LogP contribution in [0.2, 0.25) is 0 Å². The summed E-state index contributed by atoms with van der Waals surface area (Å²) in [7, 11) is 0. The number of benzene rings is 1. The molecule has 0 bridgehead atoms. The molecule has 1 saturated heterocycles. The molecule has 0 unspecified atom stereocenters. The van der Waals surface area contributed by atoms with Crippen LogP contribution < -0.4 is 16.0 Å². The largest absolute Gasteiger partial charge is 0.352 e. The molecule has 3 N–H and O–H groups in total. The van der Waals surface area contributed by atoms with Gasteiger partial charge in [-0.3, -0.25) is 9.59 Å². The third-order valence-corrected chi connectivity index (χ3v) is 5.04. The molecular formula is C19H27N3O2. The molecule has 2 amide bonds.